The van der Waals surface area contributed by atoms with Crippen molar-refractivity contribution in [3.05, 3.63) is 42.0 Å². The number of rotatable bonds is 3. The molecule has 0 aliphatic carbocycles. The number of benzene rings is 1. The van der Waals surface area contributed by atoms with Crippen molar-refractivity contribution in [2.24, 2.45) is 5.92 Å². The van der Waals surface area contributed by atoms with Crippen LogP contribution in [0.5, 0.6) is 0 Å². The topological polar surface area (TPSA) is 0 Å². The van der Waals surface area contributed by atoms with Gasteiger partial charge in [0.15, 0.2) is 0 Å². The predicted octanol–water partition coefficient (Wildman–Crippen LogP) is 0.943. The van der Waals surface area contributed by atoms with E-state index in [0.717, 1.165) is 6.42 Å². The van der Waals surface area contributed by atoms with Crippen LogP contribution in [0.1, 0.15) is 32.8 Å². The summed E-state index contributed by atoms with van der Waals surface area (Å²) in [6, 6.07) is 10.5. The zero-order valence-corrected chi connectivity index (χ0v) is 9.67. The van der Waals surface area contributed by atoms with Crippen molar-refractivity contribution in [1.82, 2.24) is 0 Å². The smallest absolute Gasteiger partial charge is 0.275 e. The summed E-state index contributed by atoms with van der Waals surface area (Å²) >= 11 is 0. The molecule has 1 rings (SSSR count). The van der Waals surface area contributed by atoms with E-state index in [1.807, 2.05) is 13.0 Å². The molecule has 0 saturated heterocycles. The van der Waals surface area contributed by atoms with E-state index in [0.29, 0.717) is 5.92 Å². The molecule has 0 nitrogen and oxygen atoms in total. The number of allylic oxidation sites excluding steroid dienone is 2. The Morgan fingerprint density at radius 2 is 1.79 bits per heavy atom. The van der Waals surface area contributed by atoms with Gasteiger partial charge in [0.1, 0.15) is 0 Å². The fraction of sp³-hybridized carbons (Fsp3) is 0.385. The van der Waals surface area contributed by atoms with Gasteiger partial charge in [0, 0.05) is 0 Å². The van der Waals surface area contributed by atoms with Gasteiger partial charge in [0.25, 0.3) is 0 Å². The molecule has 0 aromatic heterocycles. The molecule has 0 N–H and O–H groups in total. The third kappa shape index (κ3) is 4.18. The maximum absolute atomic E-state index is 3.27. The summed E-state index contributed by atoms with van der Waals surface area (Å²) in [5.41, 5.74) is 2.63. The van der Waals surface area contributed by atoms with Crippen molar-refractivity contribution in [2.45, 2.75) is 27.2 Å². The monoisotopic (exact) mass is 180 g/mol. The molecule has 0 amide bonds. The van der Waals surface area contributed by atoms with Crippen LogP contribution < -0.4 is 18.9 Å². The van der Waals surface area contributed by atoms with E-state index in [9.17, 15) is 0 Å². The van der Waals surface area contributed by atoms with Crippen molar-refractivity contribution >= 4 is 5.57 Å². The second kappa shape index (κ2) is 6.93. The van der Waals surface area contributed by atoms with Crippen LogP contribution in [0.3, 0.4) is 0 Å². The second-order valence-electron chi connectivity index (χ2n) is 3.69. The number of hydrogen-bond donors (Lipinski definition) is 0. The molecule has 0 radical (unpaired) electrons. The van der Waals surface area contributed by atoms with Gasteiger partial charge < -0.3 is 0 Å². The van der Waals surface area contributed by atoms with Crippen LogP contribution in [-0.2, 0) is 0 Å². The third-order valence-corrected chi connectivity index (χ3v) is 2.04. The summed E-state index contributed by atoms with van der Waals surface area (Å²) in [6.45, 7) is 6.46. The second-order valence-corrected chi connectivity index (χ2v) is 3.69. The van der Waals surface area contributed by atoms with Gasteiger partial charge in [-0.3, -0.25) is 6.08 Å². The van der Waals surface area contributed by atoms with E-state index in [4.69, 9.17) is 0 Å². The maximum atomic E-state index is 3.27. The first kappa shape index (κ1) is 13.6. The van der Waals surface area contributed by atoms with E-state index >= 15 is 0 Å². The van der Waals surface area contributed by atoms with Gasteiger partial charge in [0.2, 0.25) is 0 Å². The van der Waals surface area contributed by atoms with E-state index < -0.39 is 0 Å². The van der Waals surface area contributed by atoms with Gasteiger partial charge in [-0.25, -0.2) is 5.57 Å². The Morgan fingerprint density at radius 3 is 2.21 bits per heavy atom. The molecule has 0 aliphatic heterocycles. The summed E-state index contributed by atoms with van der Waals surface area (Å²) in [4.78, 5) is 0. The Morgan fingerprint density at radius 1 is 1.21 bits per heavy atom. The van der Waals surface area contributed by atoms with Gasteiger partial charge in [0.05, 0.1) is 0 Å². The van der Waals surface area contributed by atoms with Crippen molar-refractivity contribution in [3.63, 3.8) is 0 Å². The van der Waals surface area contributed by atoms with Crippen molar-refractivity contribution in [1.29, 1.82) is 0 Å². The largest absolute Gasteiger partial charge is 1.00 e. The molecule has 1 aromatic carbocycles. The molecule has 0 aliphatic rings. The molecular formula is C13H17Li. The van der Waals surface area contributed by atoms with Crippen molar-refractivity contribution in [2.75, 3.05) is 0 Å². The maximum Gasteiger partial charge on any atom is 1.00 e. The molecule has 14 heavy (non-hydrogen) atoms. The van der Waals surface area contributed by atoms with E-state index in [2.05, 4.69) is 44.2 Å². The minimum absolute atomic E-state index is 0. The van der Waals surface area contributed by atoms with Gasteiger partial charge in [-0.15, -0.1) is 19.1 Å². The SMILES string of the molecule is C[C-]=C(CC(C)C)c1ccccc1.[Li+]. The van der Waals surface area contributed by atoms with Crippen LogP contribution in [0.4, 0.5) is 0 Å². The predicted molar refractivity (Wildman–Crippen MR) is 58.2 cm³/mol. The molecule has 0 fully saturated rings. The molecular weight excluding hydrogens is 163 g/mol. The summed E-state index contributed by atoms with van der Waals surface area (Å²) < 4.78 is 0. The summed E-state index contributed by atoms with van der Waals surface area (Å²) in [7, 11) is 0. The fourth-order valence-electron chi connectivity index (χ4n) is 1.41. The Labute approximate surface area is 99.6 Å². The van der Waals surface area contributed by atoms with Crippen LogP contribution in [0.2, 0.25) is 0 Å². The van der Waals surface area contributed by atoms with E-state index in [-0.39, 0.29) is 18.9 Å². The Bertz CT molecular complexity index is 273. The zero-order chi connectivity index (χ0) is 9.68. The van der Waals surface area contributed by atoms with Crippen LogP contribution in [0.25, 0.3) is 5.57 Å². The standard InChI is InChI=1S/C13H17.Li/c1-4-12(10-11(2)3)13-8-6-5-7-9-13;/h5-9,11H,10H2,1-3H3;/q-1;+1. The van der Waals surface area contributed by atoms with Crippen molar-refractivity contribution < 1.29 is 18.9 Å². The Hall–Kier alpha value is -0.443. The van der Waals surface area contributed by atoms with Gasteiger partial charge in [-0.05, 0) is 5.92 Å². The first-order valence-electron chi connectivity index (χ1n) is 4.83. The average Bonchev–Trinajstić information content (AvgIpc) is 2.15. The molecule has 1 heteroatoms. The van der Waals surface area contributed by atoms with Gasteiger partial charge in [-0.2, -0.15) is 5.56 Å². The summed E-state index contributed by atoms with van der Waals surface area (Å²) in [5, 5.41) is 0. The number of hydrogen-bond acceptors (Lipinski definition) is 0. The first-order chi connectivity index (χ1) is 6.24. The normalized spacial score (nSPS) is 11.3. The molecule has 0 atom stereocenters. The van der Waals surface area contributed by atoms with Crippen LogP contribution in [0.15, 0.2) is 30.3 Å². The van der Waals surface area contributed by atoms with E-state index in [1.165, 1.54) is 11.1 Å². The fourth-order valence-corrected chi connectivity index (χ4v) is 1.41. The van der Waals surface area contributed by atoms with Crippen LogP contribution >= 0.6 is 0 Å². The summed E-state index contributed by atoms with van der Waals surface area (Å²) in [5.74, 6) is 0.697. The van der Waals surface area contributed by atoms with E-state index in [1.54, 1.807) is 0 Å². The minimum atomic E-state index is 0. The molecule has 0 bridgehead atoms. The molecule has 0 heterocycles. The van der Waals surface area contributed by atoms with Crippen LogP contribution in [0, 0.1) is 12.0 Å². The quantitative estimate of drug-likeness (QED) is 0.480. The van der Waals surface area contributed by atoms with Gasteiger partial charge in [-0.1, -0.05) is 38.5 Å². The first-order valence-corrected chi connectivity index (χ1v) is 4.83. The Balaban J connectivity index is 0.00000169. The third-order valence-electron chi connectivity index (χ3n) is 2.04. The molecule has 70 valence electrons. The summed E-state index contributed by atoms with van der Waals surface area (Å²) in [6.07, 6.45) is 4.38. The molecule has 1 aromatic rings. The Kier molecular flexibility index (Phi) is 6.71. The minimum Gasteiger partial charge on any atom is -0.275 e. The average molecular weight is 180 g/mol. The molecule has 0 saturated carbocycles. The molecule has 0 unspecified atom stereocenters. The molecule has 0 spiro atoms. The van der Waals surface area contributed by atoms with Gasteiger partial charge >= 0.3 is 18.9 Å². The van der Waals surface area contributed by atoms with Crippen LogP contribution in [-0.4, -0.2) is 0 Å². The van der Waals surface area contributed by atoms with Crippen molar-refractivity contribution in [3.8, 4) is 0 Å². The zero-order valence-electron chi connectivity index (χ0n) is 9.67.